The van der Waals surface area contributed by atoms with Gasteiger partial charge in [0, 0.05) is 12.5 Å². The van der Waals surface area contributed by atoms with Gasteiger partial charge >= 0.3 is 0 Å². The van der Waals surface area contributed by atoms with E-state index in [4.69, 9.17) is 16.8 Å². The summed E-state index contributed by atoms with van der Waals surface area (Å²) in [6.45, 7) is 2.72. The van der Waals surface area contributed by atoms with Crippen molar-refractivity contribution in [3.8, 4) is 0 Å². The number of halogens is 1. The van der Waals surface area contributed by atoms with E-state index in [0.717, 1.165) is 0 Å². The van der Waals surface area contributed by atoms with Crippen LogP contribution in [0.3, 0.4) is 0 Å². The zero-order valence-corrected chi connectivity index (χ0v) is 10.1. The van der Waals surface area contributed by atoms with Crippen molar-refractivity contribution in [1.29, 1.82) is 0 Å². The third-order valence-electron chi connectivity index (χ3n) is 2.02. The number of hydrogen-bond donors (Lipinski definition) is 2. The van der Waals surface area contributed by atoms with Gasteiger partial charge in [-0.1, -0.05) is 16.8 Å². The first-order chi connectivity index (χ1) is 7.95. The topological polar surface area (TPSA) is 78.8 Å². The minimum absolute atomic E-state index is 0.0407. The van der Waals surface area contributed by atoms with E-state index >= 15 is 0 Å². The quantitative estimate of drug-likeness (QED) is 0.376. The molecule has 0 aliphatic carbocycles. The van der Waals surface area contributed by atoms with Crippen LogP contribution in [0.5, 0.6) is 0 Å². The smallest absolute Gasteiger partial charge is 0.221 e. The lowest BCUT2D eigenvalue weighted by molar-refractivity contribution is -0.114. The fraction of sp³-hybridized carbons (Fsp3) is 0.182. The second-order valence-corrected chi connectivity index (χ2v) is 3.80. The number of oxime groups is 1. The summed E-state index contributed by atoms with van der Waals surface area (Å²) in [6, 6.07) is 4.41. The highest BCUT2D eigenvalue weighted by molar-refractivity contribution is 6.45. The predicted molar refractivity (Wildman–Crippen MR) is 65.0 cm³/mol. The standard InChI is InChI=1S/C11H11ClN2O3/c1-6(14-17)11(16)8-3-4-9(12)10(5-8)13-7(2)15/h3-5,17H,1-2H3,(H,13,15). The third-order valence-corrected chi connectivity index (χ3v) is 2.35. The maximum Gasteiger partial charge on any atom is 0.221 e. The molecule has 1 aromatic carbocycles. The summed E-state index contributed by atoms with van der Waals surface area (Å²) in [5.41, 5.74) is 0.588. The number of amides is 1. The molecule has 0 spiro atoms. The molecule has 0 saturated carbocycles. The molecule has 5 nitrogen and oxygen atoms in total. The molecule has 0 aliphatic heterocycles. The zero-order chi connectivity index (χ0) is 13.0. The molecule has 6 heteroatoms. The Morgan fingerprint density at radius 3 is 2.53 bits per heavy atom. The molecule has 17 heavy (non-hydrogen) atoms. The Morgan fingerprint density at radius 1 is 1.35 bits per heavy atom. The fourth-order valence-electron chi connectivity index (χ4n) is 1.21. The van der Waals surface area contributed by atoms with Crippen LogP contribution in [0.1, 0.15) is 24.2 Å². The monoisotopic (exact) mass is 254 g/mol. The van der Waals surface area contributed by atoms with Crippen LogP contribution < -0.4 is 5.32 Å². The Bertz CT molecular complexity index is 497. The average molecular weight is 255 g/mol. The summed E-state index contributed by atoms with van der Waals surface area (Å²) >= 11 is 5.85. The van der Waals surface area contributed by atoms with E-state index in [1.54, 1.807) is 0 Å². The summed E-state index contributed by atoms with van der Waals surface area (Å²) in [5.74, 6) is -0.722. The number of nitrogens with zero attached hydrogens (tertiary/aromatic N) is 1. The summed E-state index contributed by atoms with van der Waals surface area (Å²) in [6.07, 6.45) is 0. The van der Waals surface area contributed by atoms with Crippen molar-refractivity contribution in [3.63, 3.8) is 0 Å². The molecule has 0 aliphatic rings. The molecule has 0 bridgehead atoms. The Hall–Kier alpha value is -1.88. The van der Waals surface area contributed by atoms with Crippen LogP contribution in [-0.4, -0.2) is 22.6 Å². The number of anilines is 1. The molecule has 2 N–H and O–H groups in total. The number of carbonyl (C=O) groups is 2. The molecule has 0 fully saturated rings. The van der Waals surface area contributed by atoms with Crippen LogP contribution in [0.15, 0.2) is 23.4 Å². The molecule has 0 heterocycles. The lowest BCUT2D eigenvalue weighted by Crippen LogP contribution is -2.12. The number of nitrogens with one attached hydrogen (secondary N) is 1. The van der Waals surface area contributed by atoms with Gasteiger partial charge in [0.15, 0.2) is 0 Å². The Balaban J connectivity index is 3.12. The highest BCUT2D eigenvalue weighted by Gasteiger charge is 2.12. The van der Waals surface area contributed by atoms with Crippen molar-refractivity contribution in [2.75, 3.05) is 5.32 Å². The van der Waals surface area contributed by atoms with Crippen molar-refractivity contribution in [2.45, 2.75) is 13.8 Å². The van der Waals surface area contributed by atoms with E-state index in [1.807, 2.05) is 0 Å². The number of benzene rings is 1. The molecule has 1 aromatic rings. The lowest BCUT2D eigenvalue weighted by atomic mass is 10.1. The first-order valence-electron chi connectivity index (χ1n) is 4.76. The van der Waals surface area contributed by atoms with Gasteiger partial charge in [0.2, 0.25) is 11.7 Å². The van der Waals surface area contributed by atoms with Crippen LogP contribution in [0.4, 0.5) is 5.69 Å². The molecule has 0 radical (unpaired) electrons. The first kappa shape index (κ1) is 13.2. The molecule has 90 valence electrons. The van der Waals surface area contributed by atoms with Crippen molar-refractivity contribution in [1.82, 2.24) is 0 Å². The van der Waals surface area contributed by atoms with Crippen molar-refractivity contribution in [2.24, 2.45) is 5.16 Å². The maximum atomic E-state index is 11.7. The highest BCUT2D eigenvalue weighted by Crippen LogP contribution is 2.23. The van der Waals surface area contributed by atoms with Crippen LogP contribution in [0, 0.1) is 0 Å². The lowest BCUT2D eigenvalue weighted by Gasteiger charge is -2.07. The van der Waals surface area contributed by atoms with Crippen molar-refractivity contribution >= 4 is 34.7 Å². The second-order valence-electron chi connectivity index (χ2n) is 3.39. The molecule has 1 amide bonds. The van der Waals surface area contributed by atoms with E-state index in [0.29, 0.717) is 10.7 Å². The third kappa shape index (κ3) is 3.29. The number of carbonyl (C=O) groups excluding carboxylic acids is 2. The van der Waals surface area contributed by atoms with E-state index in [1.165, 1.54) is 32.0 Å². The van der Waals surface area contributed by atoms with Gasteiger partial charge in [0.05, 0.1) is 10.7 Å². The fourth-order valence-corrected chi connectivity index (χ4v) is 1.37. The minimum Gasteiger partial charge on any atom is -0.411 e. The maximum absolute atomic E-state index is 11.7. The van der Waals surface area contributed by atoms with Crippen LogP contribution in [-0.2, 0) is 4.79 Å². The van der Waals surface area contributed by atoms with E-state index in [-0.39, 0.29) is 17.2 Å². The van der Waals surface area contributed by atoms with Gasteiger partial charge < -0.3 is 10.5 Å². The molecule has 0 aromatic heterocycles. The van der Waals surface area contributed by atoms with Crippen LogP contribution in [0.25, 0.3) is 0 Å². The predicted octanol–water partition coefficient (Wildman–Crippen LogP) is 2.33. The minimum atomic E-state index is -0.434. The Morgan fingerprint density at radius 2 is 2.00 bits per heavy atom. The SMILES string of the molecule is CC(=O)Nc1cc(C(=O)C(C)=NO)ccc1Cl. The van der Waals surface area contributed by atoms with Gasteiger partial charge in [-0.2, -0.15) is 0 Å². The summed E-state index contributed by atoms with van der Waals surface area (Å²) in [4.78, 5) is 22.6. The van der Waals surface area contributed by atoms with Gasteiger partial charge in [-0.25, -0.2) is 0 Å². The van der Waals surface area contributed by atoms with Gasteiger partial charge in [-0.3, -0.25) is 9.59 Å². The van der Waals surface area contributed by atoms with Gasteiger partial charge in [0.1, 0.15) is 5.71 Å². The number of hydrogen-bond acceptors (Lipinski definition) is 4. The van der Waals surface area contributed by atoms with Crippen molar-refractivity contribution < 1.29 is 14.8 Å². The molecule has 1 rings (SSSR count). The van der Waals surface area contributed by atoms with E-state index in [2.05, 4.69) is 10.5 Å². The Labute approximate surface area is 103 Å². The first-order valence-corrected chi connectivity index (χ1v) is 5.14. The van der Waals surface area contributed by atoms with Gasteiger partial charge in [0.25, 0.3) is 0 Å². The molecule has 0 saturated heterocycles. The van der Waals surface area contributed by atoms with E-state index in [9.17, 15) is 9.59 Å². The van der Waals surface area contributed by atoms with Gasteiger partial charge in [-0.15, -0.1) is 0 Å². The summed E-state index contributed by atoms with van der Waals surface area (Å²) < 4.78 is 0. The average Bonchev–Trinajstić information content (AvgIpc) is 2.29. The van der Waals surface area contributed by atoms with Crippen LogP contribution >= 0.6 is 11.6 Å². The molecular formula is C11H11ClN2O3. The highest BCUT2D eigenvalue weighted by atomic mass is 35.5. The number of Topliss-reactive ketones (excluding diaryl/α,β-unsaturated/α-hetero) is 1. The summed E-state index contributed by atoms with van der Waals surface area (Å²) in [7, 11) is 0. The molecule has 0 atom stereocenters. The number of ketones is 1. The van der Waals surface area contributed by atoms with Crippen LogP contribution in [0.2, 0.25) is 5.02 Å². The number of rotatable bonds is 3. The summed E-state index contributed by atoms with van der Waals surface area (Å²) in [5, 5.41) is 14.2. The Kier molecular flexibility index (Phi) is 4.23. The van der Waals surface area contributed by atoms with E-state index < -0.39 is 5.78 Å². The zero-order valence-electron chi connectivity index (χ0n) is 9.32. The van der Waals surface area contributed by atoms with Gasteiger partial charge in [-0.05, 0) is 25.1 Å². The molecule has 0 unspecified atom stereocenters. The normalized spacial score (nSPS) is 11.1. The second kappa shape index (κ2) is 5.45. The largest absolute Gasteiger partial charge is 0.411 e. The molecular weight excluding hydrogens is 244 g/mol. The van der Waals surface area contributed by atoms with Crippen molar-refractivity contribution in [3.05, 3.63) is 28.8 Å².